The summed E-state index contributed by atoms with van der Waals surface area (Å²) in [7, 11) is 1.73. The topological polar surface area (TPSA) is 93.4 Å². The van der Waals surface area contributed by atoms with Crippen molar-refractivity contribution in [1.82, 2.24) is 19.1 Å². The summed E-state index contributed by atoms with van der Waals surface area (Å²) in [5, 5.41) is 6.68. The SMILES string of the molecule is CN(N)/C(=C\N)SN1CCC2=Cc3c(cnn3-c3ccc(F)cc3)CC2(C=O)C1. The van der Waals surface area contributed by atoms with Crippen molar-refractivity contribution in [3.63, 3.8) is 0 Å². The quantitative estimate of drug-likeness (QED) is 0.335. The van der Waals surface area contributed by atoms with Crippen LogP contribution in [-0.2, 0) is 11.2 Å². The summed E-state index contributed by atoms with van der Waals surface area (Å²) in [5.41, 5.74) is 8.92. The zero-order valence-electron chi connectivity index (χ0n) is 16.1. The van der Waals surface area contributed by atoms with Crippen LogP contribution in [0.15, 0.2) is 47.3 Å². The number of aldehydes is 1. The highest BCUT2D eigenvalue weighted by molar-refractivity contribution is 8.00. The van der Waals surface area contributed by atoms with Crippen LogP contribution >= 0.6 is 11.9 Å². The third kappa shape index (κ3) is 3.57. The maximum absolute atomic E-state index is 13.3. The van der Waals surface area contributed by atoms with Crippen molar-refractivity contribution >= 4 is 24.3 Å². The fourth-order valence-corrected chi connectivity index (χ4v) is 4.86. The molecule has 0 radical (unpaired) electrons. The van der Waals surface area contributed by atoms with Gasteiger partial charge in [0, 0.05) is 26.3 Å². The van der Waals surface area contributed by atoms with E-state index in [-0.39, 0.29) is 5.82 Å². The van der Waals surface area contributed by atoms with Crippen molar-refractivity contribution in [3.05, 3.63) is 64.3 Å². The molecule has 1 saturated heterocycles. The van der Waals surface area contributed by atoms with Crippen molar-refractivity contribution < 1.29 is 9.18 Å². The second-order valence-corrected chi connectivity index (χ2v) is 8.50. The van der Waals surface area contributed by atoms with E-state index in [1.807, 2.05) is 0 Å². The van der Waals surface area contributed by atoms with Crippen LogP contribution in [0.25, 0.3) is 11.8 Å². The first kappa shape index (κ1) is 19.7. The lowest BCUT2D eigenvalue weighted by Crippen LogP contribution is -2.46. The van der Waals surface area contributed by atoms with Crippen LogP contribution in [0.1, 0.15) is 17.7 Å². The van der Waals surface area contributed by atoms with E-state index in [0.29, 0.717) is 13.0 Å². The fourth-order valence-electron chi connectivity index (χ4n) is 3.93. The Labute approximate surface area is 172 Å². The summed E-state index contributed by atoms with van der Waals surface area (Å²) < 4.78 is 17.2. The molecule has 1 aromatic heterocycles. The lowest BCUT2D eigenvalue weighted by molar-refractivity contribution is -0.115. The van der Waals surface area contributed by atoms with Gasteiger partial charge in [0.05, 0.1) is 23.0 Å². The third-order valence-electron chi connectivity index (χ3n) is 5.44. The molecule has 2 heterocycles. The van der Waals surface area contributed by atoms with Gasteiger partial charge in [-0.3, -0.25) is 0 Å². The van der Waals surface area contributed by atoms with Gasteiger partial charge >= 0.3 is 0 Å². The van der Waals surface area contributed by atoms with E-state index in [9.17, 15) is 9.18 Å². The van der Waals surface area contributed by atoms with Gasteiger partial charge in [0.2, 0.25) is 0 Å². The molecule has 0 bridgehead atoms. The lowest BCUT2D eigenvalue weighted by Gasteiger charge is -2.43. The van der Waals surface area contributed by atoms with Gasteiger partial charge in [-0.2, -0.15) is 5.10 Å². The number of nitrogens with two attached hydrogens (primary N) is 2. The minimum Gasteiger partial charge on any atom is -0.402 e. The van der Waals surface area contributed by atoms with Crippen molar-refractivity contribution in [3.8, 4) is 5.69 Å². The number of carbonyl (C=O) groups is 1. The first-order valence-electron chi connectivity index (χ1n) is 9.29. The Hall–Kier alpha value is -2.62. The molecule has 1 aliphatic heterocycles. The van der Waals surface area contributed by atoms with Gasteiger partial charge in [-0.25, -0.2) is 19.2 Å². The van der Waals surface area contributed by atoms with Crippen LogP contribution in [-0.4, -0.2) is 45.5 Å². The van der Waals surface area contributed by atoms with Gasteiger partial charge in [0.1, 0.15) is 17.1 Å². The normalized spacial score (nSPS) is 21.9. The molecule has 0 spiro atoms. The number of rotatable bonds is 5. The Morgan fingerprint density at radius 2 is 2.14 bits per heavy atom. The second kappa shape index (κ2) is 7.66. The predicted octanol–water partition coefficient (Wildman–Crippen LogP) is 2.05. The van der Waals surface area contributed by atoms with E-state index >= 15 is 0 Å². The minimum absolute atomic E-state index is 0.285. The average Bonchev–Trinajstić information content (AvgIpc) is 3.12. The number of halogens is 1. The highest BCUT2D eigenvalue weighted by Crippen LogP contribution is 2.44. The molecule has 152 valence electrons. The van der Waals surface area contributed by atoms with Gasteiger partial charge in [-0.05, 0) is 60.7 Å². The molecular formula is C20H23FN6OS. The lowest BCUT2D eigenvalue weighted by atomic mass is 9.70. The van der Waals surface area contributed by atoms with Gasteiger partial charge in [-0.1, -0.05) is 5.57 Å². The minimum atomic E-state index is -0.595. The van der Waals surface area contributed by atoms with Gasteiger partial charge in [-0.15, -0.1) is 0 Å². The number of hydrogen-bond acceptors (Lipinski definition) is 7. The maximum atomic E-state index is 13.3. The fraction of sp³-hybridized carbons (Fsp3) is 0.300. The molecular weight excluding hydrogens is 391 g/mol. The van der Waals surface area contributed by atoms with E-state index in [0.717, 1.165) is 46.8 Å². The number of piperidine rings is 1. The number of nitrogens with zero attached hydrogens (tertiary/aromatic N) is 4. The highest BCUT2D eigenvalue weighted by atomic mass is 32.2. The Morgan fingerprint density at radius 1 is 1.38 bits per heavy atom. The molecule has 29 heavy (non-hydrogen) atoms. The van der Waals surface area contributed by atoms with E-state index in [1.165, 1.54) is 35.3 Å². The number of benzene rings is 1. The maximum Gasteiger partial charge on any atom is 0.131 e. The molecule has 9 heteroatoms. The van der Waals surface area contributed by atoms with Crippen LogP contribution in [0.3, 0.4) is 0 Å². The second-order valence-electron chi connectivity index (χ2n) is 7.38. The molecule has 2 aliphatic rings. The van der Waals surface area contributed by atoms with Crippen LogP contribution in [0, 0.1) is 11.2 Å². The molecule has 4 rings (SSSR count). The molecule has 0 saturated carbocycles. The van der Waals surface area contributed by atoms with Crippen LogP contribution in [0.2, 0.25) is 0 Å². The Morgan fingerprint density at radius 3 is 2.79 bits per heavy atom. The molecule has 4 N–H and O–H groups in total. The van der Waals surface area contributed by atoms with Gasteiger partial charge < -0.3 is 15.5 Å². The molecule has 1 aliphatic carbocycles. The number of carbonyl (C=O) groups excluding carboxylic acids is 1. The predicted molar refractivity (Wildman–Crippen MR) is 112 cm³/mol. The van der Waals surface area contributed by atoms with Crippen molar-refractivity contribution in [2.24, 2.45) is 17.0 Å². The summed E-state index contributed by atoms with van der Waals surface area (Å²) in [5.74, 6) is 5.53. The third-order valence-corrected chi connectivity index (χ3v) is 6.62. The number of aromatic nitrogens is 2. The molecule has 7 nitrogen and oxygen atoms in total. The molecule has 1 unspecified atom stereocenters. The largest absolute Gasteiger partial charge is 0.402 e. The monoisotopic (exact) mass is 414 g/mol. The van der Waals surface area contributed by atoms with E-state index in [1.54, 1.807) is 30.1 Å². The van der Waals surface area contributed by atoms with E-state index < -0.39 is 5.41 Å². The zero-order chi connectivity index (χ0) is 20.6. The number of hydrogen-bond donors (Lipinski definition) is 2. The van der Waals surface area contributed by atoms with Crippen molar-refractivity contribution in [2.45, 2.75) is 12.8 Å². The summed E-state index contributed by atoms with van der Waals surface area (Å²) in [6.45, 7) is 1.34. The molecule has 1 atom stereocenters. The smallest absolute Gasteiger partial charge is 0.131 e. The van der Waals surface area contributed by atoms with E-state index in [2.05, 4.69) is 15.5 Å². The van der Waals surface area contributed by atoms with Gasteiger partial charge in [0.15, 0.2) is 0 Å². The zero-order valence-corrected chi connectivity index (χ0v) is 16.9. The Bertz CT molecular complexity index is 983. The van der Waals surface area contributed by atoms with Crippen LogP contribution < -0.4 is 11.6 Å². The first-order chi connectivity index (χ1) is 14.0. The van der Waals surface area contributed by atoms with Gasteiger partial charge in [0.25, 0.3) is 0 Å². The van der Waals surface area contributed by atoms with Crippen molar-refractivity contribution in [1.29, 1.82) is 0 Å². The molecule has 0 amide bonds. The summed E-state index contributed by atoms with van der Waals surface area (Å²) in [6.07, 6.45) is 7.72. The van der Waals surface area contributed by atoms with Crippen molar-refractivity contribution in [2.75, 3.05) is 20.1 Å². The Kier molecular flexibility index (Phi) is 5.20. The number of hydrazine groups is 1. The standard InChI is InChI=1S/C20H23FN6OS/c1-25(23)19(10-22)29-26-7-6-15-8-18-14(9-20(15,12-26)13-28)11-24-27(18)17-4-2-16(21)3-5-17/h2-5,8,10-11,13H,6-7,9,12,22-23H2,1H3/b19-10+. The number of fused-ring (bicyclic) bond motifs is 2. The van der Waals surface area contributed by atoms with Crippen LogP contribution in [0.5, 0.6) is 0 Å². The van der Waals surface area contributed by atoms with E-state index in [4.69, 9.17) is 11.6 Å². The first-order valence-corrected chi connectivity index (χ1v) is 10.1. The summed E-state index contributed by atoms with van der Waals surface area (Å²) >= 11 is 1.46. The molecule has 1 fully saturated rings. The van der Waals surface area contributed by atoms with Crippen LogP contribution in [0.4, 0.5) is 4.39 Å². The molecule has 1 aromatic carbocycles. The summed E-state index contributed by atoms with van der Waals surface area (Å²) in [6, 6.07) is 6.24. The highest BCUT2D eigenvalue weighted by Gasteiger charge is 2.43. The molecule has 2 aromatic rings. The average molecular weight is 415 g/mol. The Balaban J connectivity index is 1.63. The summed E-state index contributed by atoms with van der Waals surface area (Å²) in [4.78, 5) is 12.3.